The quantitative estimate of drug-likeness (QED) is 0.703. The molecule has 1 aromatic rings. The van der Waals surface area contributed by atoms with E-state index in [-0.39, 0.29) is 18.3 Å². The first-order valence-corrected chi connectivity index (χ1v) is 7.33. The van der Waals surface area contributed by atoms with Crippen molar-refractivity contribution in [2.75, 3.05) is 12.4 Å². The number of carbonyl (C=O) groups is 1. The van der Waals surface area contributed by atoms with Gasteiger partial charge in [-0.2, -0.15) is 0 Å². The smallest absolute Gasteiger partial charge is 0.230 e. The zero-order valence-electron chi connectivity index (χ0n) is 11.2. The number of aliphatic hydroxyl groups is 1. The maximum atomic E-state index is 11.8. The summed E-state index contributed by atoms with van der Waals surface area (Å²) in [6, 6.07) is 0.409. The molecule has 0 aliphatic heterocycles. The Morgan fingerprint density at radius 3 is 2.95 bits per heavy atom. The van der Waals surface area contributed by atoms with Crippen LogP contribution in [0.4, 0.5) is 0 Å². The van der Waals surface area contributed by atoms with Crippen molar-refractivity contribution in [2.24, 2.45) is 0 Å². The van der Waals surface area contributed by atoms with Gasteiger partial charge in [0.2, 0.25) is 11.1 Å². The average Bonchev–Trinajstić information content (AvgIpc) is 3.05. The fourth-order valence-electron chi connectivity index (χ4n) is 1.71. The monoisotopic (exact) mass is 285 g/mol. The van der Waals surface area contributed by atoms with E-state index in [0.717, 1.165) is 12.8 Å². The molecule has 7 nitrogen and oxygen atoms in total. The summed E-state index contributed by atoms with van der Waals surface area (Å²) in [6.45, 7) is 3.83. The number of tetrazole rings is 1. The fourth-order valence-corrected chi connectivity index (χ4v) is 2.46. The molecule has 1 aliphatic carbocycles. The van der Waals surface area contributed by atoms with E-state index < -0.39 is 5.54 Å². The van der Waals surface area contributed by atoms with Crippen LogP contribution in [-0.2, 0) is 4.79 Å². The minimum Gasteiger partial charge on any atom is -0.396 e. The molecule has 2 N–H and O–H groups in total. The third kappa shape index (κ3) is 4.17. The lowest BCUT2D eigenvalue weighted by molar-refractivity contribution is -0.120. The fraction of sp³-hybridized carbons (Fsp3) is 0.818. The van der Waals surface area contributed by atoms with Crippen molar-refractivity contribution >= 4 is 17.7 Å². The second kappa shape index (κ2) is 5.87. The van der Waals surface area contributed by atoms with Crippen LogP contribution in [0.15, 0.2) is 5.16 Å². The summed E-state index contributed by atoms with van der Waals surface area (Å²) < 4.78 is 1.79. The van der Waals surface area contributed by atoms with E-state index in [1.807, 2.05) is 13.8 Å². The molecule has 0 aromatic carbocycles. The van der Waals surface area contributed by atoms with Crippen molar-refractivity contribution in [1.29, 1.82) is 0 Å². The number of nitrogens with one attached hydrogen (secondary N) is 1. The Balaban J connectivity index is 1.81. The molecular weight excluding hydrogens is 266 g/mol. The van der Waals surface area contributed by atoms with E-state index in [1.165, 1.54) is 11.8 Å². The molecule has 1 fully saturated rings. The first-order chi connectivity index (χ1) is 9.02. The number of nitrogens with zero attached hydrogens (tertiary/aromatic N) is 4. The number of aromatic nitrogens is 4. The number of hydrogen-bond donors (Lipinski definition) is 2. The molecule has 8 heteroatoms. The summed E-state index contributed by atoms with van der Waals surface area (Å²) in [5.41, 5.74) is -0.394. The highest BCUT2D eigenvalue weighted by atomic mass is 32.2. The Bertz CT molecular complexity index is 444. The number of thioether (sulfide) groups is 1. The van der Waals surface area contributed by atoms with E-state index in [4.69, 9.17) is 5.11 Å². The molecule has 1 aromatic heterocycles. The lowest BCUT2D eigenvalue weighted by Gasteiger charge is -2.25. The highest BCUT2D eigenvalue weighted by molar-refractivity contribution is 7.99. The van der Waals surface area contributed by atoms with E-state index in [1.54, 1.807) is 4.68 Å². The molecule has 0 atom stereocenters. The maximum absolute atomic E-state index is 11.8. The molecule has 0 radical (unpaired) electrons. The van der Waals surface area contributed by atoms with Gasteiger partial charge >= 0.3 is 0 Å². The summed E-state index contributed by atoms with van der Waals surface area (Å²) >= 11 is 1.34. The van der Waals surface area contributed by atoms with Gasteiger partial charge in [-0.3, -0.25) is 4.79 Å². The molecule has 1 saturated carbocycles. The van der Waals surface area contributed by atoms with Crippen LogP contribution in [0.1, 0.15) is 39.2 Å². The van der Waals surface area contributed by atoms with Crippen LogP contribution in [0.25, 0.3) is 0 Å². The molecule has 19 heavy (non-hydrogen) atoms. The summed E-state index contributed by atoms with van der Waals surface area (Å²) in [4.78, 5) is 11.8. The Labute approximate surface area is 116 Å². The predicted molar refractivity (Wildman–Crippen MR) is 70.7 cm³/mol. The topological polar surface area (TPSA) is 92.9 Å². The first kappa shape index (κ1) is 14.3. The normalized spacial score (nSPS) is 15.5. The second-order valence-corrected chi connectivity index (χ2v) is 6.27. The third-order valence-corrected chi connectivity index (χ3v) is 3.84. The maximum Gasteiger partial charge on any atom is 0.230 e. The zero-order valence-corrected chi connectivity index (χ0v) is 12.0. The highest BCUT2D eigenvalue weighted by Gasteiger charge is 2.28. The van der Waals surface area contributed by atoms with Crippen LogP contribution in [0.3, 0.4) is 0 Å². The van der Waals surface area contributed by atoms with Crippen LogP contribution in [0.2, 0.25) is 0 Å². The van der Waals surface area contributed by atoms with Crippen molar-refractivity contribution in [3.63, 3.8) is 0 Å². The van der Waals surface area contributed by atoms with Gasteiger partial charge < -0.3 is 10.4 Å². The number of rotatable bonds is 7. The second-order valence-electron chi connectivity index (χ2n) is 5.33. The molecule has 1 aliphatic rings. The Kier molecular flexibility index (Phi) is 4.41. The molecule has 0 saturated heterocycles. The standard InChI is InChI=1S/C11H19N5O2S/c1-11(2,5-6-17)12-9(18)7-19-10-13-14-15-16(10)8-3-4-8/h8,17H,3-7H2,1-2H3,(H,12,18). The molecule has 0 spiro atoms. The van der Waals surface area contributed by atoms with E-state index in [0.29, 0.717) is 17.6 Å². The summed E-state index contributed by atoms with van der Waals surface area (Å²) in [5, 5.41) is 24.0. The van der Waals surface area contributed by atoms with Crippen LogP contribution in [0, 0.1) is 0 Å². The minimum atomic E-state index is -0.394. The Morgan fingerprint density at radius 2 is 2.32 bits per heavy atom. The van der Waals surface area contributed by atoms with Crippen LogP contribution >= 0.6 is 11.8 Å². The number of hydrogen-bond acceptors (Lipinski definition) is 6. The largest absolute Gasteiger partial charge is 0.396 e. The number of aliphatic hydroxyl groups excluding tert-OH is 1. The van der Waals surface area contributed by atoms with E-state index in [9.17, 15) is 4.79 Å². The van der Waals surface area contributed by atoms with Crippen molar-refractivity contribution in [2.45, 2.75) is 49.8 Å². The van der Waals surface area contributed by atoms with Gasteiger partial charge in [-0.1, -0.05) is 11.8 Å². The Morgan fingerprint density at radius 1 is 1.58 bits per heavy atom. The number of amides is 1. The van der Waals surface area contributed by atoms with Gasteiger partial charge in [-0.15, -0.1) is 5.10 Å². The predicted octanol–water partition coefficient (Wildman–Crippen LogP) is 0.377. The van der Waals surface area contributed by atoms with Crippen molar-refractivity contribution in [1.82, 2.24) is 25.5 Å². The van der Waals surface area contributed by atoms with Gasteiger partial charge in [0, 0.05) is 12.1 Å². The molecular formula is C11H19N5O2S. The molecule has 0 bridgehead atoms. The van der Waals surface area contributed by atoms with Crippen LogP contribution in [0.5, 0.6) is 0 Å². The average molecular weight is 285 g/mol. The lowest BCUT2D eigenvalue weighted by Crippen LogP contribution is -2.44. The van der Waals surface area contributed by atoms with Crippen molar-refractivity contribution in [3.05, 3.63) is 0 Å². The van der Waals surface area contributed by atoms with Gasteiger partial charge in [0.15, 0.2) is 0 Å². The SMILES string of the molecule is CC(C)(CCO)NC(=O)CSc1nnnn1C1CC1. The summed E-state index contributed by atoms with van der Waals surface area (Å²) in [6.07, 6.45) is 2.74. The highest BCUT2D eigenvalue weighted by Crippen LogP contribution is 2.36. The Hall–Kier alpha value is -1.15. The number of carbonyl (C=O) groups excluding carboxylic acids is 1. The van der Waals surface area contributed by atoms with Crippen molar-refractivity contribution < 1.29 is 9.90 Å². The minimum absolute atomic E-state index is 0.0559. The van der Waals surface area contributed by atoms with E-state index in [2.05, 4.69) is 20.8 Å². The summed E-state index contributed by atoms with van der Waals surface area (Å²) in [5.74, 6) is 0.205. The molecule has 1 heterocycles. The molecule has 2 rings (SSSR count). The van der Waals surface area contributed by atoms with Gasteiger partial charge in [0.05, 0.1) is 11.8 Å². The lowest BCUT2D eigenvalue weighted by atomic mass is 10.0. The molecule has 106 valence electrons. The first-order valence-electron chi connectivity index (χ1n) is 6.34. The van der Waals surface area contributed by atoms with E-state index >= 15 is 0 Å². The van der Waals surface area contributed by atoms with Gasteiger partial charge in [0.1, 0.15) is 0 Å². The molecule has 0 unspecified atom stereocenters. The zero-order chi connectivity index (χ0) is 13.9. The van der Waals surface area contributed by atoms with Gasteiger partial charge in [-0.05, 0) is 43.5 Å². The van der Waals surface area contributed by atoms with Crippen LogP contribution in [-0.4, -0.2) is 49.1 Å². The molecule has 1 amide bonds. The van der Waals surface area contributed by atoms with Gasteiger partial charge in [0.25, 0.3) is 0 Å². The van der Waals surface area contributed by atoms with Crippen molar-refractivity contribution in [3.8, 4) is 0 Å². The summed E-state index contributed by atoms with van der Waals surface area (Å²) in [7, 11) is 0. The van der Waals surface area contributed by atoms with Gasteiger partial charge in [-0.25, -0.2) is 4.68 Å². The van der Waals surface area contributed by atoms with Crippen LogP contribution < -0.4 is 5.32 Å². The third-order valence-electron chi connectivity index (χ3n) is 2.90.